The molecule has 0 atom stereocenters. The smallest absolute Gasteiger partial charge is 0.277 e. The Morgan fingerprint density at radius 1 is 0.862 bits per heavy atom. The van der Waals surface area contributed by atoms with Gasteiger partial charge in [-0.05, 0) is 36.6 Å². The van der Waals surface area contributed by atoms with E-state index in [0.29, 0.717) is 18.2 Å². The van der Waals surface area contributed by atoms with E-state index in [9.17, 15) is 4.79 Å². The van der Waals surface area contributed by atoms with Crippen molar-refractivity contribution in [2.45, 2.75) is 33.2 Å². The van der Waals surface area contributed by atoms with Crippen molar-refractivity contribution < 1.29 is 4.79 Å². The summed E-state index contributed by atoms with van der Waals surface area (Å²) in [5.41, 5.74) is 2.32. The Balaban J connectivity index is 1.92. The Kier molecular flexibility index (Phi) is 7.34. The quantitative estimate of drug-likeness (QED) is 0.520. The number of rotatable bonds is 9. The first kappa shape index (κ1) is 20.5. The molecule has 150 valence electrons. The second kappa shape index (κ2) is 10.4. The van der Waals surface area contributed by atoms with E-state index in [2.05, 4.69) is 28.7 Å². The summed E-state index contributed by atoms with van der Waals surface area (Å²) >= 11 is 0. The first-order chi connectivity index (χ1) is 14.2. The predicted octanol–water partition coefficient (Wildman–Crippen LogP) is 4.95. The molecule has 3 aromatic rings. The van der Waals surface area contributed by atoms with Crippen molar-refractivity contribution in [2.75, 3.05) is 22.9 Å². The molecule has 0 aliphatic carbocycles. The molecule has 2 aromatic carbocycles. The van der Waals surface area contributed by atoms with Crippen LogP contribution in [0.15, 0.2) is 72.9 Å². The van der Waals surface area contributed by atoms with Crippen LogP contribution in [0.3, 0.4) is 0 Å². The van der Waals surface area contributed by atoms with Crippen molar-refractivity contribution in [1.82, 2.24) is 9.97 Å². The van der Waals surface area contributed by atoms with Gasteiger partial charge in [0.05, 0.1) is 6.54 Å². The Morgan fingerprint density at radius 2 is 1.48 bits per heavy atom. The Hall–Kier alpha value is -3.21. The zero-order valence-electron chi connectivity index (χ0n) is 17.2. The molecule has 0 aliphatic heterocycles. The van der Waals surface area contributed by atoms with Crippen molar-refractivity contribution in [1.29, 1.82) is 0 Å². The number of benzene rings is 2. The molecule has 0 N–H and O–H groups in total. The molecule has 0 unspecified atom stereocenters. The van der Waals surface area contributed by atoms with Gasteiger partial charge in [0.15, 0.2) is 0 Å². The maximum Gasteiger partial charge on any atom is 0.277 e. The highest BCUT2D eigenvalue weighted by atomic mass is 16.2. The van der Waals surface area contributed by atoms with Gasteiger partial charge in [0.1, 0.15) is 5.69 Å². The summed E-state index contributed by atoms with van der Waals surface area (Å²) in [4.78, 5) is 26.4. The molecule has 1 amide bonds. The largest absolute Gasteiger partial charge is 0.341 e. The van der Waals surface area contributed by atoms with E-state index in [1.165, 1.54) is 0 Å². The number of anilines is 2. The molecule has 0 bridgehead atoms. The Morgan fingerprint density at radius 3 is 2.10 bits per heavy atom. The summed E-state index contributed by atoms with van der Waals surface area (Å²) in [6.07, 6.45) is 3.69. The van der Waals surface area contributed by atoms with Gasteiger partial charge in [-0.3, -0.25) is 4.79 Å². The molecule has 0 saturated heterocycles. The fourth-order valence-electron chi connectivity index (χ4n) is 3.26. The van der Waals surface area contributed by atoms with Crippen molar-refractivity contribution >= 4 is 17.5 Å². The third-order valence-electron chi connectivity index (χ3n) is 4.63. The molecular weight excluding hydrogens is 360 g/mol. The summed E-state index contributed by atoms with van der Waals surface area (Å²) in [7, 11) is 0. The third kappa shape index (κ3) is 5.41. The minimum Gasteiger partial charge on any atom is -0.341 e. The molecule has 3 rings (SSSR count). The van der Waals surface area contributed by atoms with Crippen LogP contribution in [0.5, 0.6) is 0 Å². The van der Waals surface area contributed by atoms with Gasteiger partial charge >= 0.3 is 0 Å². The first-order valence-corrected chi connectivity index (χ1v) is 10.2. The Bertz CT molecular complexity index is 893. The van der Waals surface area contributed by atoms with Gasteiger partial charge in [-0.25, -0.2) is 9.97 Å². The van der Waals surface area contributed by atoms with E-state index in [0.717, 1.165) is 37.2 Å². The Labute approximate surface area is 173 Å². The summed E-state index contributed by atoms with van der Waals surface area (Å²) < 4.78 is 0. The lowest BCUT2D eigenvalue weighted by Gasteiger charge is -2.24. The molecule has 0 aliphatic rings. The van der Waals surface area contributed by atoms with Crippen molar-refractivity contribution in [3.63, 3.8) is 0 Å². The van der Waals surface area contributed by atoms with Crippen molar-refractivity contribution in [3.05, 3.63) is 84.2 Å². The van der Waals surface area contributed by atoms with Gasteiger partial charge < -0.3 is 9.80 Å². The first-order valence-electron chi connectivity index (χ1n) is 10.2. The third-order valence-corrected chi connectivity index (χ3v) is 4.63. The van der Waals surface area contributed by atoms with Gasteiger partial charge in [0.2, 0.25) is 5.95 Å². The molecule has 5 nitrogen and oxygen atoms in total. The van der Waals surface area contributed by atoms with E-state index in [1.807, 2.05) is 60.7 Å². The van der Waals surface area contributed by atoms with E-state index < -0.39 is 0 Å². The molecule has 29 heavy (non-hydrogen) atoms. The van der Waals surface area contributed by atoms with Crippen molar-refractivity contribution in [3.8, 4) is 0 Å². The highest BCUT2D eigenvalue weighted by molar-refractivity contribution is 6.04. The minimum atomic E-state index is -0.128. The molecule has 1 heterocycles. The van der Waals surface area contributed by atoms with E-state index >= 15 is 0 Å². The van der Waals surface area contributed by atoms with Crippen LogP contribution in [-0.2, 0) is 6.54 Å². The van der Waals surface area contributed by atoms with E-state index in [4.69, 9.17) is 0 Å². The summed E-state index contributed by atoms with van der Waals surface area (Å²) in [5, 5.41) is 0. The van der Waals surface area contributed by atoms with E-state index in [1.54, 1.807) is 17.2 Å². The molecule has 0 saturated carbocycles. The monoisotopic (exact) mass is 388 g/mol. The highest BCUT2D eigenvalue weighted by Crippen LogP contribution is 2.20. The predicted molar refractivity (Wildman–Crippen MR) is 118 cm³/mol. The fraction of sp³-hybridized carbons (Fsp3) is 0.292. The number of aromatic nitrogens is 2. The standard InChI is InChI=1S/C24H28N4O/c1-3-17-27(18-4-2)24-25-16-15-22(26-24)23(29)28(21-13-9-6-10-14-21)19-20-11-7-5-8-12-20/h5-16H,3-4,17-19H2,1-2H3. The van der Waals surface area contributed by atoms with Crippen LogP contribution in [0, 0.1) is 0 Å². The average Bonchev–Trinajstić information content (AvgIpc) is 2.78. The molecule has 0 radical (unpaired) electrons. The number of nitrogens with zero attached hydrogens (tertiary/aromatic N) is 4. The lowest BCUT2D eigenvalue weighted by atomic mass is 10.2. The van der Waals surface area contributed by atoms with Crippen LogP contribution in [0.2, 0.25) is 0 Å². The lowest BCUT2D eigenvalue weighted by Crippen LogP contribution is -2.32. The number of hydrogen-bond donors (Lipinski definition) is 0. The van der Waals surface area contributed by atoms with Gasteiger partial charge in [0, 0.05) is 25.0 Å². The number of para-hydroxylation sites is 1. The fourth-order valence-corrected chi connectivity index (χ4v) is 3.26. The number of carbonyl (C=O) groups is 1. The lowest BCUT2D eigenvalue weighted by molar-refractivity contribution is 0.0980. The van der Waals surface area contributed by atoms with Crippen LogP contribution in [-0.4, -0.2) is 29.0 Å². The summed E-state index contributed by atoms with van der Waals surface area (Å²) in [6, 6.07) is 21.4. The van der Waals surface area contributed by atoms with Gasteiger partial charge in [0.25, 0.3) is 5.91 Å². The maximum atomic E-state index is 13.5. The summed E-state index contributed by atoms with van der Waals surface area (Å²) in [5.74, 6) is 0.490. The molecule has 5 heteroatoms. The number of hydrogen-bond acceptors (Lipinski definition) is 4. The zero-order valence-corrected chi connectivity index (χ0v) is 17.2. The zero-order chi connectivity index (χ0) is 20.5. The van der Waals surface area contributed by atoms with Crippen LogP contribution in [0.1, 0.15) is 42.7 Å². The number of carbonyl (C=O) groups excluding carboxylic acids is 1. The second-order valence-corrected chi connectivity index (χ2v) is 6.94. The number of amides is 1. The minimum absolute atomic E-state index is 0.128. The molecule has 1 aromatic heterocycles. The maximum absolute atomic E-state index is 13.5. The van der Waals surface area contributed by atoms with Crippen LogP contribution >= 0.6 is 0 Å². The second-order valence-electron chi connectivity index (χ2n) is 6.94. The topological polar surface area (TPSA) is 49.3 Å². The SMILES string of the molecule is CCCN(CCC)c1nccc(C(=O)N(Cc2ccccc2)c2ccccc2)n1. The molecular formula is C24H28N4O. The van der Waals surface area contributed by atoms with Crippen LogP contribution in [0.25, 0.3) is 0 Å². The average molecular weight is 389 g/mol. The van der Waals surface area contributed by atoms with Gasteiger partial charge in [-0.2, -0.15) is 0 Å². The van der Waals surface area contributed by atoms with Crippen LogP contribution in [0.4, 0.5) is 11.6 Å². The van der Waals surface area contributed by atoms with Crippen molar-refractivity contribution in [2.24, 2.45) is 0 Å². The van der Waals surface area contributed by atoms with Crippen LogP contribution < -0.4 is 9.80 Å². The summed E-state index contributed by atoms with van der Waals surface area (Å²) in [6.45, 7) is 6.50. The molecule has 0 spiro atoms. The normalized spacial score (nSPS) is 10.6. The van der Waals surface area contributed by atoms with Gasteiger partial charge in [-0.1, -0.05) is 62.4 Å². The van der Waals surface area contributed by atoms with E-state index in [-0.39, 0.29) is 5.91 Å². The van der Waals surface area contributed by atoms with Gasteiger partial charge in [-0.15, -0.1) is 0 Å². The highest BCUT2D eigenvalue weighted by Gasteiger charge is 2.21. The molecule has 0 fully saturated rings.